The minimum Gasteiger partial charge on any atom is -0.493 e. The van der Waals surface area contributed by atoms with E-state index in [1.807, 2.05) is 25.2 Å². The molecule has 1 saturated carbocycles. The Morgan fingerprint density at radius 3 is 2.55 bits per heavy atom. The number of nitrogens with zero attached hydrogens (tertiary/aromatic N) is 2. The van der Waals surface area contributed by atoms with Crippen LogP contribution in [-0.2, 0) is 12.5 Å². The van der Waals surface area contributed by atoms with Crippen LogP contribution in [0.25, 0.3) is 0 Å². The molecular formula is C16H20N2O2. The van der Waals surface area contributed by atoms with Crippen LogP contribution < -0.4 is 4.74 Å². The highest BCUT2D eigenvalue weighted by molar-refractivity contribution is 5.37. The number of aliphatic hydroxyl groups is 1. The van der Waals surface area contributed by atoms with Gasteiger partial charge in [0.1, 0.15) is 11.8 Å². The predicted molar refractivity (Wildman–Crippen MR) is 76.7 cm³/mol. The number of benzene rings is 1. The van der Waals surface area contributed by atoms with Crippen molar-refractivity contribution in [2.45, 2.75) is 30.8 Å². The summed E-state index contributed by atoms with van der Waals surface area (Å²) in [6.07, 6.45) is 4.20. The summed E-state index contributed by atoms with van der Waals surface area (Å²) in [6, 6.07) is 10.3. The minimum atomic E-state index is -0.596. The molecule has 20 heavy (non-hydrogen) atoms. The van der Waals surface area contributed by atoms with E-state index in [1.54, 1.807) is 18.0 Å². The molecule has 1 aliphatic carbocycles. The van der Waals surface area contributed by atoms with Crippen LogP contribution in [0.3, 0.4) is 0 Å². The lowest BCUT2D eigenvalue weighted by Gasteiger charge is -2.46. The van der Waals surface area contributed by atoms with Crippen molar-refractivity contribution in [2.75, 3.05) is 7.11 Å². The molecule has 0 bridgehead atoms. The van der Waals surface area contributed by atoms with Crippen molar-refractivity contribution in [3.05, 3.63) is 47.8 Å². The molecule has 0 amide bonds. The zero-order chi connectivity index (χ0) is 14.2. The maximum Gasteiger partial charge on any atom is 0.162 e. The van der Waals surface area contributed by atoms with Crippen LogP contribution >= 0.6 is 0 Å². The second kappa shape index (κ2) is 4.94. The Labute approximate surface area is 119 Å². The smallest absolute Gasteiger partial charge is 0.162 e. The van der Waals surface area contributed by atoms with Crippen LogP contribution in [0.1, 0.15) is 36.6 Å². The summed E-state index contributed by atoms with van der Waals surface area (Å²) in [5, 5.41) is 15.2. The first-order valence-corrected chi connectivity index (χ1v) is 6.98. The van der Waals surface area contributed by atoms with Gasteiger partial charge in [0.05, 0.1) is 13.3 Å². The molecule has 0 saturated heterocycles. The summed E-state index contributed by atoms with van der Waals surface area (Å²) < 4.78 is 7.06. The van der Waals surface area contributed by atoms with E-state index in [9.17, 15) is 5.11 Å². The molecule has 1 aromatic heterocycles. The van der Waals surface area contributed by atoms with E-state index in [4.69, 9.17) is 4.74 Å². The molecule has 1 fully saturated rings. The van der Waals surface area contributed by atoms with Gasteiger partial charge in [0.2, 0.25) is 0 Å². The first-order chi connectivity index (χ1) is 9.69. The van der Waals surface area contributed by atoms with Crippen LogP contribution in [0, 0.1) is 0 Å². The molecule has 0 radical (unpaired) electrons. The third-order valence-electron chi connectivity index (χ3n) is 4.55. The van der Waals surface area contributed by atoms with Crippen LogP contribution in [0.2, 0.25) is 0 Å². The molecule has 0 aliphatic heterocycles. The summed E-state index contributed by atoms with van der Waals surface area (Å²) in [7, 11) is 3.46. The van der Waals surface area contributed by atoms with E-state index < -0.39 is 6.10 Å². The van der Waals surface area contributed by atoms with E-state index in [0.29, 0.717) is 5.75 Å². The second-order valence-corrected chi connectivity index (χ2v) is 5.50. The van der Waals surface area contributed by atoms with Crippen LogP contribution in [0.15, 0.2) is 36.5 Å². The molecule has 1 aromatic carbocycles. The largest absolute Gasteiger partial charge is 0.493 e. The average molecular weight is 272 g/mol. The van der Waals surface area contributed by atoms with Crippen molar-refractivity contribution in [1.29, 1.82) is 0 Å². The van der Waals surface area contributed by atoms with E-state index in [1.165, 1.54) is 5.56 Å². The van der Waals surface area contributed by atoms with Gasteiger partial charge in [-0.2, -0.15) is 5.10 Å². The lowest BCUT2D eigenvalue weighted by Crippen LogP contribution is -2.41. The van der Waals surface area contributed by atoms with E-state index in [2.05, 4.69) is 17.2 Å². The van der Waals surface area contributed by atoms with Gasteiger partial charge >= 0.3 is 0 Å². The number of aliphatic hydroxyl groups excluding tert-OH is 1. The average Bonchev–Trinajstić information content (AvgIpc) is 2.79. The van der Waals surface area contributed by atoms with Gasteiger partial charge < -0.3 is 9.84 Å². The highest BCUT2D eigenvalue weighted by Gasteiger charge is 2.47. The fraction of sp³-hybridized carbons (Fsp3) is 0.438. The molecule has 1 N–H and O–H groups in total. The molecule has 4 heteroatoms. The van der Waals surface area contributed by atoms with Crippen LogP contribution in [0.5, 0.6) is 5.75 Å². The number of rotatable bonds is 4. The fourth-order valence-electron chi connectivity index (χ4n) is 3.21. The van der Waals surface area contributed by atoms with Gasteiger partial charge in [-0.1, -0.05) is 36.8 Å². The number of ether oxygens (including phenoxy) is 1. The van der Waals surface area contributed by atoms with Gasteiger partial charge in [-0.15, -0.1) is 0 Å². The summed E-state index contributed by atoms with van der Waals surface area (Å²) in [5.74, 6) is 0.655. The molecule has 2 aromatic rings. The molecule has 1 aliphatic rings. The summed E-state index contributed by atoms with van der Waals surface area (Å²) in [5.41, 5.74) is 1.75. The van der Waals surface area contributed by atoms with Gasteiger partial charge in [0.15, 0.2) is 5.75 Å². The normalized spacial score (nSPS) is 18.4. The zero-order valence-corrected chi connectivity index (χ0v) is 11.9. The number of methoxy groups -OCH3 is 1. The van der Waals surface area contributed by atoms with Gasteiger partial charge in [0.25, 0.3) is 0 Å². The van der Waals surface area contributed by atoms with Gasteiger partial charge in [-0.25, -0.2) is 0 Å². The predicted octanol–water partition coefficient (Wildman–Crippen LogP) is 2.58. The van der Waals surface area contributed by atoms with Gasteiger partial charge in [-0.05, 0) is 18.4 Å². The Hall–Kier alpha value is -1.81. The highest BCUT2D eigenvalue weighted by atomic mass is 16.5. The third kappa shape index (κ3) is 1.83. The molecule has 1 heterocycles. The van der Waals surface area contributed by atoms with E-state index in [0.717, 1.165) is 25.0 Å². The van der Waals surface area contributed by atoms with E-state index >= 15 is 0 Å². The van der Waals surface area contributed by atoms with E-state index in [-0.39, 0.29) is 5.41 Å². The number of hydrogen-bond acceptors (Lipinski definition) is 3. The van der Waals surface area contributed by atoms with Gasteiger partial charge in [0, 0.05) is 12.5 Å². The number of hydrogen-bond donors (Lipinski definition) is 1. The highest BCUT2D eigenvalue weighted by Crippen LogP contribution is 2.53. The molecule has 3 rings (SSSR count). The maximum atomic E-state index is 11.0. The molecule has 106 valence electrons. The monoisotopic (exact) mass is 272 g/mol. The fourth-order valence-corrected chi connectivity index (χ4v) is 3.21. The number of aryl methyl sites for hydroxylation is 1. The third-order valence-corrected chi connectivity index (χ3v) is 4.55. The van der Waals surface area contributed by atoms with Crippen molar-refractivity contribution in [3.63, 3.8) is 0 Å². The van der Waals surface area contributed by atoms with Crippen molar-refractivity contribution in [1.82, 2.24) is 9.78 Å². The summed E-state index contributed by atoms with van der Waals surface area (Å²) in [4.78, 5) is 0. The molecular weight excluding hydrogens is 252 g/mol. The van der Waals surface area contributed by atoms with Crippen LogP contribution in [0.4, 0.5) is 0 Å². The molecule has 1 unspecified atom stereocenters. The Bertz CT molecular complexity index is 588. The SMILES string of the molecule is COc1cnn(C)c1C(O)C1(c2ccccc2)CCC1. The van der Waals surface area contributed by atoms with Crippen molar-refractivity contribution >= 4 is 0 Å². The lowest BCUT2D eigenvalue weighted by atomic mass is 9.60. The zero-order valence-electron chi connectivity index (χ0n) is 11.9. The first-order valence-electron chi connectivity index (χ1n) is 6.98. The Morgan fingerprint density at radius 2 is 2.00 bits per heavy atom. The Kier molecular flexibility index (Phi) is 3.26. The topological polar surface area (TPSA) is 47.3 Å². The van der Waals surface area contributed by atoms with Crippen molar-refractivity contribution in [2.24, 2.45) is 7.05 Å². The first kappa shape index (κ1) is 13.2. The Morgan fingerprint density at radius 1 is 1.30 bits per heavy atom. The molecule has 4 nitrogen and oxygen atoms in total. The van der Waals surface area contributed by atoms with Gasteiger partial charge in [-0.3, -0.25) is 4.68 Å². The second-order valence-electron chi connectivity index (χ2n) is 5.50. The van der Waals surface area contributed by atoms with Crippen molar-refractivity contribution < 1.29 is 9.84 Å². The minimum absolute atomic E-state index is 0.206. The standard InChI is InChI=1S/C16H20N2O2/c1-18-14(13(20-2)11-17-18)15(19)16(9-6-10-16)12-7-4-3-5-8-12/h3-5,7-8,11,15,19H,6,9-10H2,1-2H3. The Balaban J connectivity index is 2.03. The lowest BCUT2D eigenvalue weighted by molar-refractivity contribution is 0.0195. The van der Waals surface area contributed by atoms with Crippen LogP contribution in [-0.4, -0.2) is 22.0 Å². The molecule has 1 atom stereocenters. The van der Waals surface area contributed by atoms with Crippen molar-refractivity contribution in [3.8, 4) is 5.75 Å². The number of aromatic nitrogens is 2. The summed E-state index contributed by atoms with van der Waals surface area (Å²) >= 11 is 0. The maximum absolute atomic E-state index is 11.0. The molecule has 0 spiro atoms. The summed E-state index contributed by atoms with van der Waals surface area (Å²) in [6.45, 7) is 0. The quantitative estimate of drug-likeness (QED) is 0.930.